The summed E-state index contributed by atoms with van der Waals surface area (Å²) in [6, 6.07) is 7.23. The number of nitrogens with zero attached hydrogens (tertiary/aromatic N) is 1. The Balaban J connectivity index is 1.50. The lowest BCUT2D eigenvalue weighted by Crippen LogP contribution is -2.27. The molecule has 0 aromatic heterocycles. The van der Waals surface area contributed by atoms with E-state index in [0.29, 0.717) is 5.75 Å². The van der Waals surface area contributed by atoms with Gasteiger partial charge in [-0.15, -0.1) is 0 Å². The van der Waals surface area contributed by atoms with Gasteiger partial charge in [-0.05, 0) is 116 Å². The smallest absolute Gasteiger partial charge is 0.128 e. The number of rotatable bonds is 5. The highest BCUT2D eigenvalue weighted by molar-refractivity contribution is 9.14. The summed E-state index contributed by atoms with van der Waals surface area (Å²) in [5, 5.41) is 9.65. The highest BCUT2D eigenvalue weighted by Crippen LogP contribution is 2.36. The quantitative estimate of drug-likeness (QED) is 0.271. The fraction of sp³-hybridized carbons (Fsp3) is 0.400. The average Bonchev–Trinajstić information content (AvgIpc) is 2.81. The molecule has 1 N–H and O–H groups in total. The lowest BCUT2D eigenvalue weighted by Gasteiger charge is -2.19. The highest BCUT2D eigenvalue weighted by Gasteiger charge is 2.16. The summed E-state index contributed by atoms with van der Waals surface area (Å²) in [6.07, 6.45) is 4.72. The van der Waals surface area contributed by atoms with Crippen LogP contribution in [0.1, 0.15) is 29.5 Å². The van der Waals surface area contributed by atoms with Gasteiger partial charge in [0, 0.05) is 32.1 Å². The van der Waals surface area contributed by atoms with Gasteiger partial charge in [-0.2, -0.15) is 0 Å². The third-order valence-electron chi connectivity index (χ3n) is 4.94. The van der Waals surface area contributed by atoms with Crippen LogP contribution in [0.3, 0.4) is 0 Å². The van der Waals surface area contributed by atoms with E-state index in [9.17, 15) is 9.50 Å². The molecule has 140 valence electrons. The Morgan fingerprint density at radius 3 is 2.46 bits per heavy atom. The van der Waals surface area contributed by atoms with Crippen LogP contribution in [0.25, 0.3) is 0 Å². The van der Waals surface area contributed by atoms with Crippen molar-refractivity contribution < 1.29 is 9.50 Å². The van der Waals surface area contributed by atoms with Crippen molar-refractivity contribution in [1.29, 1.82) is 0 Å². The van der Waals surface area contributed by atoms with Gasteiger partial charge in [0.2, 0.25) is 0 Å². The molecule has 0 atom stereocenters. The maximum absolute atomic E-state index is 14.2. The molecule has 0 saturated carbocycles. The van der Waals surface area contributed by atoms with Crippen LogP contribution in [0.4, 0.5) is 4.39 Å². The van der Waals surface area contributed by atoms with Crippen LogP contribution in [0.5, 0.6) is 5.75 Å². The molecule has 0 fully saturated rings. The minimum absolute atomic E-state index is 0.169. The summed E-state index contributed by atoms with van der Waals surface area (Å²) in [5.41, 5.74) is 3.34. The molecule has 0 radical (unpaired) electrons. The molecule has 6 heteroatoms. The lowest BCUT2D eigenvalue weighted by atomic mass is 10.0. The van der Waals surface area contributed by atoms with E-state index >= 15 is 0 Å². The molecule has 3 rings (SSSR count). The number of aromatic hydroxyl groups is 1. The van der Waals surface area contributed by atoms with Crippen molar-refractivity contribution in [1.82, 2.24) is 4.90 Å². The van der Waals surface area contributed by atoms with Crippen LogP contribution in [0, 0.1) is 5.82 Å². The summed E-state index contributed by atoms with van der Waals surface area (Å²) in [6.45, 7) is 3.08. The first-order chi connectivity index (χ1) is 12.5. The molecule has 26 heavy (non-hydrogen) atoms. The predicted molar refractivity (Wildman–Crippen MR) is 114 cm³/mol. The number of phenols is 1. The predicted octanol–water partition coefficient (Wildman–Crippen LogP) is 6.24. The molecule has 0 spiro atoms. The molecule has 0 aliphatic carbocycles. The number of halogens is 4. The number of unbranched alkanes of at least 4 members (excludes halogenated alkanes) is 1. The molecular formula is C20H21Br3FNO. The molecule has 0 bridgehead atoms. The van der Waals surface area contributed by atoms with Crippen molar-refractivity contribution >= 4 is 47.8 Å². The highest BCUT2D eigenvalue weighted by atomic mass is 79.9. The van der Waals surface area contributed by atoms with Crippen molar-refractivity contribution in [2.75, 3.05) is 19.6 Å². The molecule has 2 aromatic carbocycles. The standard InChI is InChI=1S/C20H21Br3FNO/c21-17-12-18(24)16(19(22)20(17)23)3-1-2-8-25-9-6-13-4-5-15(26)11-14(13)7-10-25/h4-5,11-12,26H,1-3,6-10H2. The van der Waals surface area contributed by atoms with Gasteiger partial charge in [0.05, 0.1) is 0 Å². The van der Waals surface area contributed by atoms with Gasteiger partial charge in [-0.1, -0.05) is 6.07 Å². The zero-order chi connectivity index (χ0) is 18.7. The maximum Gasteiger partial charge on any atom is 0.128 e. The first kappa shape index (κ1) is 20.3. The monoisotopic (exact) mass is 547 g/mol. The Hall–Kier alpha value is -0.430. The van der Waals surface area contributed by atoms with E-state index in [1.165, 1.54) is 17.2 Å². The fourth-order valence-corrected chi connectivity index (χ4v) is 5.07. The van der Waals surface area contributed by atoms with Crippen molar-refractivity contribution in [3.8, 4) is 5.75 Å². The Morgan fingerprint density at radius 2 is 1.69 bits per heavy atom. The van der Waals surface area contributed by atoms with Crippen molar-refractivity contribution in [3.05, 3.63) is 60.2 Å². The molecule has 2 nitrogen and oxygen atoms in total. The molecule has 2 aromatic rings. The minimum atomic E-state index is -0.169. The van der Waals surface area contributed by atoms with Gasteiger partial charge in [0.25, 0.3) is 0 Å². The Bertz CT molecular complexity index is 797. The van der Waals surface area contributed by atoms with Crippen LogP contribution >= 0.6 is 47.8 Å². The van der Waals surface area contributed by atoms with Crippen molar-refractivity contribution in [2.45, 2.75) is 32.1 Å². The molecule has 0 unspecified atom stereocenters. The molecule has 0 saturated heterocycles. The van der Waals surface area contributed by atoms with E-state index in [-0.39, 0.29) is 5.82 Å². The normalized spacial score (nSPS) is 14.9. The second kappa shape index (κ2) is 9.18. The van der Waals surface area contributed by atoms with Gasteiger partial charge >= 0.3 is 0 Å². The van der Waals surface area contributed by atoms with Gasteiger partial charge in [-0.3, -0.25) is 0 Å². The molecule has 1 aliphatic rings. The second-order valence-electron chi connectivity index (χ2n) is 6.70. The minimum Gasteiger partial charge on any atom is -0.508 e. The van der Waals surface area contributed by atoms with Crippen molar-refractivity contribution in [2.24, 2.45) is 0 Å². The van der Waals surface area contributed by atoms with E-state index < -0.39 is 0 Å². The summed E-state index contributed by atoms with van der Waals surface area (Å²) in [7, 11) is 0. The number of benzene rings is 2. The SMILES string of the molecule is Oc1ccc2c(c1)CCN(CCCCc1c(F)cc(Br)c(Br)c1Br)CC2. The topological polar surface area (TPSA) is 23.5 Å². The van der Waals surface area contributed by atoms with Crippen molar-refractivity contribution in [3.63, 3.8) is 0 Å². The van der Waals surface area contributed by atoms with Gasteiger partial charge < -0.3 is 10.0 Å². The molecule has 1 heterocycles. The van der Waals surface area contributed by atoms with Crippen LogP contribution in [0.15, 0.2) is 37.7 Å². The summed E-state index contributed by atoms with van der Waals surface area (Å²) >= 11 is 10.3. The summed E-state index contributed by atoms with van der Waals surface area (Å²) < 4.78 is 16.6. The van der Waals surface area contributed by atoms with Crippen LogP contribution in [0.2, 0.25) is 0 Å². The lowest BCUT2D eigenvalue weighted by molar-refractivity contribution is 0.281. The summed E-state index contributed by atoms with van der Waals surface area (Å²) in [5.74, 6) is 0.183. The maximum atomic E-state index is 14.2. The molecular weight excluding hydrogens is 529 g/mol. The van der Waals surface area contributed by atoms with E-state index in [1.807, 2.05) is 12.1 Å². The van der Waals surface area contributed by atoms with E-state index in [1.54, 1.807) is 6.07 Å². The van der Waals surface area contributed by atoms with Crippen LogP contribution in [-0.2, 0) is 19.3 Å². The van der Waals surface area contributed by atoms with E-state index in [4.69, 9.17) is 0 Å². The van der Waals surface area contributed by atoms with E-state index in [2.05, 4.69) is 52.7 Å². The third kappa shape index (κ3) is 4.89. The van der Waals surface area contributed by atoms with Crippen LogP contribution < -0.4 is 0 Å². The first-order valence-corrected chi connectivity index (χ1v) is 11.2. The zero-order valence-corrected chi connectivity index (χ0v) is 19.1. The fourth-order valence-electron chi connectivity index (χ4n) is 3.45. The molecule has 1 aliphatic heterocycles. The number of phenolic OH excluding ortho intramolecular Hbond substituents is 1. The number of fused-ring (bicyclic) bond motifs is 1. The Morgan fingerprint density at radius 1 is 0.962 bits per heavy atom. The Labute approximate surface area is 179 Å². The van der Waals surface area contributed by atoms with Crippen LogP contribution in [-0.4, -0.2) is 29.6 Å². The average molecular weight is 550 g/mol. The largest absolute Gasteiger partial charge is 0.508 e. The van der Waals surface area contributed by atoms with Gasteiger partial charge in [-0.25, -0.2) is 4.39 Å². The Kier molecular flexibility index (Phi) is 7.17. The first-order valence-electron chi connectivity index (χ1n) is 8.80. The van der Waals surface area contributed by atoms with Gasteiger partial charge in [0.1, 0.15) is 11.6 Å². The van der Waals surface area contributed by atoms with E-state index in [0.717, 1.165) is 70.7 Å². The second-order valence-corrected chi connectivity index (χ2v) is 9.14. The number of hydrogen-bond acceptors (Lipinski definition) is 2. The van der Waals surface area contributed by atoms with Gasteiger partial charge in [0.15, 0.2) is 0 Å². The summed E-state index contributed by atoms with van der Waals surface area (Å²) in [4.78, 5) is 2.47. The molecule has 0 amide bonds. The number of hydrogen-bond donors (Lipinski definition) is 1. The zero-order valence-electron chi connectivity index (χ0n) is 14.4. The third-order valence-corrected chi connectivity index (χ3v) is 8.33.